The molecule has 0 radical (unpaired) electrons. The van der Waals surface area contributed by atoms with Gasteiger partial charge in [0.1, 0.15) is 17.6 Å². The Balaban J connectivity index is 2.42. The van der Waals surface area contributed by atoms with E-state index >= 15 is 0 Å². The van der Waals surface area contributed by atoms with Crippen molar-refractivity contribution in [1.82, 2.24) is 0 Å². The Bertz CT molecular complexity index is 214. The van der Waals surface area contributed by atoms with E-state index in [-0.39, 0.29) is 6.61 Å². The van der Waals surface area contributed by atoms with E-state index in [1.165, 1.54) is 11.8 Å². The van der Waals surface area contributed by atoms with Crippen molar-refractivity contribution in [1.29, 1.82) is 0 Å². The third kappa shape index (κ3) is 4.08. The number of thioether (sulfide) groups is 1. The molecular formula is C11H22O5S. The van der Waals surface area contributed by atoms with Crippen molar-refractivity contribution >= 4 is 11.8 Å². The second-order valence-corrected chi connectivity index (χ2v) is 5.62. The van der Waals surface area contributed by atoms with Crippen molar-refractivity contribution in [3.63, 3.8) is 0 Å². The number of aliphatic hydroxyl groups is 4. The Labute approximate surface area is 106 Å². The highest BCUT2D eigenvalue weighted by molar-refractivity contribution is 8.00. The standard InChI is InChI=1S/C11H22O5S/c1-2-3-4-5-16-11-10(15)9(14)8(13)7(6-12)17-11/h7-15H,2-6H2,1H3/t7-,8+,9-,10+,11-/m0/s1. The number of rotatable bonds is 6. The summed E-state index contributed by atoms with van der Waals surface area (Å²) in [5.74, 6) is 0. The van der Waals surface area contributed by atoms with Gasteiger partial charge in [0.2, 0.25) is 0 Å². The van der Waals surface area contributed by atoms with Crippen LogP contribution in [0.1, 0.15) is 26.2 Å². The van der Waals surface area contributed by atoms with Gasteiger partial charge in [0, 0.05) is 6.61 Å². The number of ether oxygens (including phenoxy) is 1. The molecule has 0 bridgehead atoms. The SMILES string of the molecule is CCCCCO[C@H]1S[C@@H](CO)[C@@H](O)[C@H](O)[C@H]1O. The summed E-state index contributed by atoms with van der Waals surface area (Å²) in [6.45, 7) is 2.36. The molecular weight excluding hydrogens is 244 g/mol. The molecule has 0 aromatic rings. The second-order valence-electron chi connectivity index (χ2n) is 4.28. The van der Waals surface area contributed by atoms with Crippen molar-refractivity contribution in [2.45, 2.75) is 55.2 Å². The molecule has 1 fully saturated rings. The first-order chi connectivity index (χ1) is 8.11. The topological polar surface area (TPSA) is 90.2 Å². The fourth-order valence-corrected chi connectivity index (χ4v) is 3.01. The zero-order valence-electron chi connectivity index (χ0n) is 10.0. The highest BCUT2D eigenvalue weighted by Gasteiger charge is 2.43. The first-order valence-corrected chi connectivity index (χ1v) is 6.98. The Morgan fingerprint density at radius 1 is 1.06 bits per heavy atom. The van der Waals surface area contributed by atoms with Crippen LogP contribution in [0.15, 0.2) is 0 Å². The second kappa shape index (κ2) is 7.56. The van der Waals surface area contributed by atoms with Gasteiger partial charge in [-0.3, -0.25) is 0 Å². The van der Waals surface area contributed by atoms with Gasteiger partial charge in [0.15, 0.2) is 0 Å². The molecule has 0 unspecified atom stereocenters. The molecule has 1 rings (SSSR count). The molecule has 1 aliphatic rings. The van der Waals surface area contributed by atoms with E-state index in [1.807, 2.05) is 0 Å². The van der Waals surface area contributed by atoms with Crippen molar-refractivity contribution in [2.75, 3.05) is 13.2 Å². The van der Waals surface area contributed by atoms with Crippen LogP contribution < -0.4 is 0 Å². The lowest BCUT2D eigenvalue weighted by molar-refractivity contribution is -0.109. The maximum atomic E-state index is 9.74. The molecule has 0 amide bonds. The third-order valence-electron chi connectivity index (χ3n) is 2.88. The van der Waals surface area contributed by atoms with Crippen LogP contribution in [0.4, 0.5) is 0 Å². The van der Waals surface area contributed by atoms with E-state index in [4.69, 9.17) is 9.84 Å². The smallest absolute Gasteiger partial charge is 0.132 e. The molecule has 5 nitrogen and oxygen atoms in total. The van der Waals surface area contributed by atoms with E-state index in [0.29, 0.717) is 6.61 Å². The fourth-order valence-electron chi connectivity index (χ4n) is 1.76. The van der Waals surface area contributed by atoms with Crippen LogP contribution in [-0.4, -0.2) is 62.6 Å². The molecule has 4 N–H and O–H groups in total. The van der Waals surface area contributed by atoms with E-state index < -0.39 is 29.0 Å². The maximum Gasteiger partial charge on any atom is 0.132 e. The molecule has 1 saturated heterocycles. The normalized spacial score (nSPS) is 38.3. The lowest BCUT2D eigenvalue weighted by atomic mass is 10.0. The molecule has 1 heterocycles. The minimum absolute atomic E-state index is 0.246. The fraction of sp³-hybridized carbons (Fsp3) is 1.00. The maximum absolute atomic E-state index is 9.74. The third-order valence-corrected chi connectivity index (χ3v) is 4.34. The Kier molecular flexibility index (Phi) is 6.76. The molecule has 0 aromatic carbocycles. The molecule has 6 heteroatoms. The largest absolute Gasteiger partial charge is 0.395 e. The average molecular weight is 266 g/mol. The molecule has 0 aromatic heterocycles. The number of unbranched alkanes of at least 4 members (excludes halogenated alkanes) is 2. The molecule has 0 aliphatic carbocycles. The summed E-state index contributed by atoms with van der Waals surface area (Å²) in [4.78, 5) is 0. The molecule has 1 aliphatic heterocycles. The lowest BCUT2D eigenvalue weighted by Crippen LogP contribution is -2.54. The number of hydrogen-bond acceptors (Lipinski definition) is 6. The van der Waals surface area contributed by atoms with Gasteiger partial charge in [0.05, 0.1) is 18.0 Å². The zero-order chi connectivity index (χ0) is 12.8. The average Bonchev–Trinajstić information content (AvgIpc) is 2.34. The van der Waals surface area contributed by atoms with Gasteiger partial charge in [-0.25, -0.2) is 0 Å². The Morgan fingerprint density at radius 3 is 2.35 bits per heavy atom. The predicted octanol–water partition coefficient (Wildman–Crippen LogP) is -0.290. The molecule has 5 atom stereocenters. The van der Waals surface area contributed by atoms with Gasteiger partial charge in [-0.05, 0) is 6.42 Å². The van der Waals surface area contributed by atoms with Crippen LogP contribution in [0.5, 0.6) is 0 Å². The van der Waals surface area contributed by atoms with Gasteiger partial charge in [-0.15, -0.1) is 11.8 Å². The summed E-state index contributed by atoms with van der Waals surface area (Å²) in [6, 6.07) is 0. The van der Waals surface area contributed by atoms with Crippen LogP contribution in [-0.2, 0) is 4.74 Å². The number of hydrogen-bond donors (Lipinski definition) is 4. The van der Waals surface area contributed by atoms with Crippen LogP contribution in [0.3, 0.4) is 0 Å². The first kappa shape index (κ1) is 15.2. The summed E-state index contributed by atoms with van der Waals surface area (Å²) < 4.78 is 5.48. The minimum Gasteiger partial charge on any atom is -0.395 e. The van der Waals surface area contributed by atoms with Crippen molar-refractivity contribution in [3.05, 3.63) is 0 Å². The van der Waals surface area contributed by atoms with Crippen molar-refractivity contribution < 1.29 is 25.2 Å². The highest BCUT2D eigenvalue weighted by Crippen LogP contribution is 2.33. The first-order valence-electron chi connectivity index (χ1n) is 6.04. The molecule has 17 heavy (non-hydrogen) atoms. The van der Waals surface area contributed by atoms with Crippen LogP contribution in [0.25, 0.3) is 0 Å². The quantitative estimate of drug-likeness (QED) is 0.494. The lowest BCUT2D eigenvalue weighted by Gasteiger charge is -2.39. The van der Waals surface area contributed by atoms with E-state index in [0.717, 1.165) is 19.3 Å². The van der Waals surface area contributed by atoms with E-state index in [2.05, 4.69) is 6.92 Å². The Morgan fingerprint density at radius 2 is 1.76 bits per heavy atom. The summed E-state index contributed by atoms with van der Waals surface area (Å²) in [6.07, 6.45) is -0.436. The molecule has 0 spiro atoms. The van der Waals surface area contributed by atoms with Crippen molar-refractivity contribution in [3.8, 4) is 0 Å². The summed E-state index contributed by atoms with van der Waals surface area (Å²) in [5, 5.41) is 37.5. The monoisotopic (exact) mass is 266 g/mol. The summed E-state index contributed by atoms with van der Waals surface area (Å²) >= 11 is 1.18. The zero-order valence-corrected chi connectivity index (χ0v) is 10.8. The molecule has 0 saturated carbocycles. The van der Waals surface area contributed by atoms with E-state index in [1.54, 1.807) is 0 Å². The van der Waals surface area contributed by atoms with Gasteiger partial charge in [0.25, 0.3) is 0 Å². The van der Waals surface area contributed by atoms with Crippen molar-refractivity contribution in [2.24, 2.45) is 0 Å². The van der Waals surface area contributed by atoms with Gasteiger partial charge in [-0.1, -0.05) is 19.8 Å². The van der Waals surface area contributed by atoms with E-state index in [9.17, 15) is 15.3 Å². The summed E-state index contributed by atoms with van der Waals surface area (Å²) in [5.41, 5.74) is -0.581. The van der Waals surface area contributed by atoms with Crippen LogP contribution in [0, 0.1) is 0 Å². The Hall–Kier alpha value is 0.150. The highest BCUT2D eigenvalue weighted by atomic mass is 32.2. The van der Waals surface area contributed by atoms with Gasteiger partial charge < -0.3 is 25.2 Å². The summed E-state index contributed by atoms with van der Waals surface area (Å²) in [7, 11) is 0. The van der Waals surface area contributed by atoms with Gasteiger partial charge >= 0.3 is 0 Å². The molecule has 102 valence electrons. The minimum atomic E-state index is -1.26. The van der Waals surface area contributed by atoms with Gasteiger partial charge in [-0.2, -0.15) is 0 Å². The van der Waals surface area contributed by atoms with Crippen LogP contribution in [0.2, 0.25) is 0 Å². The predicted molar refractivity (Wildman–Crippen MR) is 65.8 cm³/mol. The van der Waals surface area contributed by atoms with Crippen LogP contribution >= 0.6 is 11.8 Å². The number of aliphatic hydroxyl groups excluding tert-OH is 4.